The topological polar surface area (TPSA) is 78.0 Å². The van der Waals surface area contributed by atoms with Crippen LogP contribution in [-0.4, -0.2) is 74.1 Å². The Kier molecular flexibility index (Phi) is 6.09. The summed E-state index contributed by atoms with van der Waals surface area (Å²) in [4.78, 5) is 28.5. The SMILES string of the molecule is CC1CCN(S(=O)(=O)c2ccc(C(=O)N3CCC[C@@H]3C(=O)N(C)C)cc2)CC1. The maximum Gasteiger partial charge on any atom is 0.254 e. The summed E-state index contributed by atoms with van der Waals surface area (Å²) in [6.45, 7) is 3.74. The molecular formula is C20H29N3O4S. The van der Waals surface area contributed by atoms with Crippen LogP contribution >= 0.6 is 0 Å². The Bertz CT molecular complexity index is 828. The van der Waals surface area contributed by atoms with E-state index in [0.717, 1.165) is 19.3 Å². The lowest BCUT2D eigenvalue weighted by atomic mass is 10.0. The molecule has 0 spiro atoms. The van der Waals surface area contributed by atoms with Gasteiger partial charge in [0.25, 0.3) is 5.91 Å². The Morgan fingerprint density at radius 2 is 1.61 bits per heavy atom. The number of nitrogens with zero attached hydrogens (tertiary/aromatic N) is 3. The van der Waals surface area contributed by atoms with Crippen LogP contribution in [0, 0.1) is 5.92 Å². The minimum absolute atomic E-state index is 0.0793. The molecule has 2 aliphatic rings. The standard InChI is InChI=1S/C20H29N3O4S/c1-15-10-13-22(14-11-15)28(26,27)17-8-6-16(7-9-17)19(24)23-12-4-5-18(23)20(25)21(2)3/h6-9,15,18H,4-5,10-14H2,1-3H3/t18-/m1/s1. The Balaban J connectivity index is 1.75. The fourth-order valence-corrected chi connectivity index (χ4v) is 5.34. The summed E-state index contributed by atoms with van der Waals surface area (Å²) in [5.41, 5.74) is 0.407. The number of benzene rings is 1. The summed E-state index contributed by atoms with van der Waals surface area (Å²) >= 11 is 0. The fraction of sp³-hybridized carbons (Fsp3) is 0.600. The Hall–Kier alpha value is -1.93. The fourth-order valence-electron chi connectivity index (χ4n) is 3.87. The van der Waals surface area contributed by atoms with Gasteiger partial charge in [0, 0.05) is 39.3 Å². The van der Waals surface area contributed by atoms with E-state index in [9.17, 15) is 18.0 Å². The number of rotatable bonds is 4. The van der Waals surface area contributed by atoms with Crippen LogP contribution in [0.5, 0.6) is 0 Å². The molecule has 2 fully saturated rings. The van der Waals surface area contributed by atoms with Gasteiger partial charge in [-0.05, 0) is 55.9 Å². The second kappa shape index (κ2) is 8.21. The molecule has 0 aromatic heterocycles. The molecule has 1 atom stereocenters. The molecule has 2 saturated heterocycles. The summed E-state index contributed by atoms with van der Waals surface area (Å²) in [7, 11) is -0.165. The molecule has 8 heteroatoms. The molecule has 2 aliphatic heterocycles. The van der Waals surface area contributed by atoms with E-state index in [4.69, 9.17) is 0 Å². The molecule has 3 rings (SSSR count). The van der Waals surface area contributed by atoms with E-state index in [0.29, 0.717) is 37.5 Å². The smallest absolute Gasteiger partial charge is 0.254 e. The molecule has 0 unspecified atom stereocenters. The Morgan fingerprint density at radius 1 is 1.00 bits per heavy atom. The van der Waals surface area contributed by atoms with Gasteiger partial charge in [-0.3, -0.25) is 9.59 Å². The molecule has 0 radical (unpaired) electrons. The highest BCUT2D eigenvalue weighted by molar-refractivity contribution is 7.89. The largest absolute Gasteiger partial charge is 0.347 e. The highest BCUT2D eigenvalue weighted by Crippen LogP contribution is 2.25. The molecule has 1 aromatic carbocycles. The first-order valence-corrected chi connectivity index (χ1v) is 11.3. The maximum atomic E-state index is 12.9. The van der Waals surface area contributed by atoms with Crippen molar-refractivity contribution >= 4 is 21.8 Å². The molecule has 28 heavy (non-hydrogen) atoms. The van der Waals surface area contributed by atoms with E-state index in [-0.39, 0.29) is 16.7 Å². The molecule has 0 bridgehead atoms. The van der Waals surface area contributed by atoms with Gasteiger partial charge >= 0.3 is 0 Å². The van der Waals surface area contributed by atoms with Crippen LogP contribution in [-0.2, 0) is 14.8 Å². The van der Waals surface area contributed by atoms with Crippen molar-refractivity contribution in [2.45, 2.75) is 43.5 Å². The number of hydrogen-bond acceptors (Lipinski definition) is 4. The van der Waals surface area contributed by atoms with Crippen molar-refractivity contribution in [1.29, 1.82) is 0 Å². The maximum absolute atomic E-state index is 12.9. The quantitative estimate of drug-likeness (QED) is 0.763. The third-order valence-electron chi connectivity index (χ3n) is 5.72. The van der Waals surface area contributed by atoms with E-state index in [2.05, 4.69) is 6.92 Å². The average molecular weight is 408 g/mol. The molecule has 1 aromatic rings. The van der Waals surface area contributed by atoms with Crippen molar-refractivity contribution in [3.8, 4) is 0 Å². The summed E-state index contributed by atoms with van der Waals surface area (Å²) < 4.78 is 27.2. The third-order valence-corrected chi connectivity index (χ3v) is 7.63. The summed E-state index contributed by atoms with van der Waals surface area (Å²) in [5, 5.41) is 0. The molecular weight excluding hydrogens is 378 g/mol. The van der Waals surface area contributed by atoms with Crippen LogP contribution in [0.15, 0.2) is 29.2 Å². The number of carbonyl (C=O) groups is 2. The van der Waals surface area contributed by atoms with Crippen molar-refractivity contribution in [2.24, 2.45) is 5.92 Å². The normalized spacial score (nSPS) is 21.7. The van der Waals surface area contributed by atoms with Gasteiger partial charge in [0.1, 0.15) is 6.04 Å². The average Bonchev–Trinajstić information content (AvgIpc) is 3.16. The van der Waals surface area contributed by atoms with Crippen molar-refractivity contribution in [1.82, 2.24) is 14.1 Å². The lowest BCUT2D eigenvalue weighted by Crippen LogP contribution is -2.45. The zero-order valence-electron chi connectivity index (χ0n) is 16.8. The predicted molar refractivity (Wildman–Crippen MR) is 106 cm³/mol. The van der Waals surface area contributed by atoms with Gasteiger partial charge in [-0.25, -0.2) is 8.42 Å². The molecule has 0 N–H and O–H groups in total. The van der Waals surface area contributed by atoms with Gasteiger partial charge in [-0.2, -0.15) is 4.31 Å². The summed E-state index contributed by atoms with van der Waals surface area (Å²) in [6, 6.07) is 5.66. The second-order valence-corrected chi connectivity index (χ2v) is 9.94. The van der Waals surface area contributed by atoms with Gasteiger partial charge < -0.3 is 9.80 Å². The first kappa shape index (κ1) is 20.8. The van der Waals surface area contributed by atoms with Gasteiger partial charge in [0.15, 0.2) is 0 Å². The molecule has 2 heterocycles. The van der Waals surface area contributed by atoms with Crippen LogP contribution in [0.4, 0.5) is 0 Å². The molecule has 7 nitrogen and oxygen atoms in total. The highest BCUT2D eigenvalue weighted by atomic mass is 32.2. The zero-order chi connectivity index (χ0) is 20.5. The van der Waals surface area contributed by atoms with Crippen molar-refractivity contribution in [3.05, 3.63) is 29.8 Å². The lowest BCUT2D eigenvalue weighted by molar-refractivity contribution is -0.132. The molecule has 154 valence electrons. The first-order chi connectivity index (χ1) is 13.2. The van der Waals surface area contributed by atoms with E-state index < -0.39 is 16.1 Å². The zero-order valence-corrected chi connectivity index (χ0v) is 17.6. The van der Waals surface area contributed by atoms with E-state index in [1.165, 1.54) is 21.3 Å². The Labute approximate surface area is 167 Å². The van der Waals surface area contributed by atoms with Crippen LogP contribution in [0.25, 0.3) is 0 Å². The number of likely N-dealkylation sites (N-methyl/N-ethyl adjacent to an activating group) is 1. The van der Waals surface area contributed by atoms with Crippen LogP contribution in [0.1, 0.15) is 43.0 Å². The minimum Gasteiger partial charge on any atom is -0.347 e. The first-order valence-electron chi connectivity index (χ1n) is 9.84. The van der Waals surface area contributed by atoms with E-state index >= 15 is 0 Å². The van der Waals surface area contributed by atoms with Gasteiger partial charge in [-0.15, -0.1) is 0 Å². The van der Waals surface area contributed by atoms with Crippen LogP contribution in [0.2, 0.25) is 0 Å². The number of hydrogen-bond donors (Lipinski definition) is 0. The molecule has 0 saturated carbocycles. The summed E-state index contributed by atoms with van der Waals surface area (Å²) in [6.07, 6.45) is 3.18. The highest BCUT2D eigenvalue weighted by Gasteiger charge is 2.35. The third kappa shape index (κ3) is 4.07. The number of likely N-dealkylation sites (tertiary alicyclic amines) is 1. The lowest BCUT2D eigenvalue weighted by Gasteiger charge is -2.29. The van der Waals surface area contributed by atoms with Crippen molar-refractivity contribution in [3.63, 3.8) is 0 Å². The predicted octanol–water partition coefficient (Wildman–Crippen LogP) is 1.80. The number of piperidine rings is 1. The minimum atomic E-state index is -3.53. The van der Waals surface area contributed by atoms with Gasteiger partial charge in [0.05, 0.1) is 4.90 Å². The Morgan fingerprint density at radius 3 is 2.18 bits per heavy atom. The van der Waals surface area contributed by atoms with E-state index in [1.807, 2.05) is 0 Å². The molecule has 0 aliphatic carbocycles. The molecule has 2 amide bonds. The number of sulfonamides is 1. The van der Waals surface area contributed by atoms with Crippen molar-refractivity contribution in [2.75, 3.05) is 33.7 Å². The van der Waals surface area contributed by atoms with E-state index in [1.54, 1.807) is 31.1 Å². The number of carbonyl (C=O) groups excluding carboxylic acids is 2. The monoisotopic (exact) mass is 407 g/mol. The second-order valence-electron chi connectivity index (χ2n) is 8.00. The summed E-state index contributed by atoms with van der Waals surface area (Å²) in [5.74, 6) is 0.238. The van der Waals surface area contributed by atoms with Gasteiger partial charge in [-0.1, -0.05) is 6.92 Å². The number of amides is 2. The van der Waals surface area contributed by atoms with Crippen LogP contribution < -0.4 is 0 Å². The van der Waals surface area contributed by atoms with Crippen LogP contribution in [0.3, 0.4) is 0 Å². The van der Waals surface area contributed by atoms with Gasteiger partial charge in [0.2, 0.25) is 15.9 Å². The van der Waals surface area contributed by atoms with Crippen molar-refractivity contribution < 1.29 is 18.0 Å².